The molecule has 0 unspecified atom stereocenters. The first-order valence-electron chi connectivity index (χ1n) is 6.78. The van der Waals surface area contributed by atoms with Crippen LogP contribution in [-0.2, 0) is 15.6 Å². The van der Waals surface area contributed by atoms with Gasteiger partial charge in [0.05, 0.1) is 0 Å². The van der Waals surface area contributed by atoms with Crippen molar-refractivity contribution >= 4 is 25.6 Å². The Balaban J connectivity index is 2.29. The third-order valence-electron chi connectivity index (χ3n) is 3.79. The molecule has 0 saturated heterocycles. The van der Waals surface area contributed by atoms with Gasteiger partial charge in [-0.05, 0) is 24.8 Å². The molecule has 0 atom stereocenters. The Morgan fingerprint density at radius 1 is 1.40 bits per heavy atom. The molecule has 112 valence electrons. The van der Waals surface area contributed by atoms with Crippen molar-refractivity contribution in [3.8, 4) is 0 Å². The van der Waals surface area contributed by atoms with Crippen LogP contribution in [0.4, 0.5) is 0 Å². The molecule has 0 radical (unpaired) electrons. The number of hydrogen-bond donors (Lipinski definition) is 1. The van der Waals surface area contributed by atoms with Crippen LogP contribution in [-0.4, -0.2) is 25.9 Å². The summed E-state index contributed by atoms with van der Waals surface area (Å²) in [6, 6.07) is 1.34. The van der Waals surface area contributed by atoms with Crippen LogP contribution in [0.15, 0.2) is 17.2 Å². The van der Waals surface area contributed by atoms with Crippen molar-refractivity contribution in [2.45, 2.75) is 43.5 Å². The zero-order valence-electron chi connectivity index (χ0n) is 11.4. The summed E-state index contributed by atoms with van der Waals surface area (Å²) in [7, 11) is 3.07. The van der Waals surface area contributed by atoms with E-state index in [1.165, 1.54) is 38.6 Å². The molecule has 20 heavy (non-hydrogen) atoms. The summed E-state index contributed by atoms with van der Waals surface area (Å²) >= 11 is 0. The van der Waals surface area contributed by atoms with Crippen LogP contribution in [0.3, 0.4) is 0 Å². The second kappa shape index (κ2) is 6.18. The van der Waals surface area contributed by atoms with Crippen molar-refractivity contribution in [2.75, 3.05) is 7.05 Å². The van der Waals surface area contributed by atoms with Crippen molar-refractivity contribution in [1.29, 1.82) is 0 Å². The Morgan fingerprint density at radius 2 is 2.05 bits per heavy atom. The number of rotatable bonds is 4. The van der Waals surface area contributed by atoms with Gasteiger partial charge in [0.25, 0.3) is 15.0 Å². The number of carbonyl (C=O) groups is 1. The fraction of sp³-hybridized carbons (Fsp3) is 0.615. The first-order valence-corrected chi connectivity index (χ1v) is 9.09. The Bertz CT molecular complexity index is 589. The number of hydrogen-bond acceptors (Lipinski definition) is 3. The Kier molecular flexibility index (Phi) is 4.75. The van der Waals surface area contributed by atoms with Gasteiger partial charge in [-0.15, -0.1) is 0 Å². The average molecular weight is 319 g/mol. The number of aromatic nitrogens is 1. The molecule has 0 spiro atoms. The molecule has 5 nitrogen and oxygen atoms in total. The number of amides is 1. The molecule has 1 heterocycles. The molecule has 1 aliphatic carbocycles. The van der Waals surface area contributed by atoms with E-state index in [1.807, 2.05) is 0 Å². The van der Waals surface area contributed by atoms with Crippen LogP contribution in [0.1, 0.15) is 42.6 Å². The second-order valence-corrected chi connectivity index (χ2v) is 7.80. The quantitative estimate of drug-likeness (QED) is 0.866. The zero-order valence-corrected chi connectivity index (χ0v) is 13.0. The molecule has 1 aromatic rings. The van der Waals surface area contributed by atoms with Crippen molar-refractivity contribution in [1.82, 2.24) is 9.88 Å². The van der Waals surface area contributed by atoms with Gasteiger partial charge in [0.15, 0.2) is 0 Å². The lowest BCUT2D eigenvalue weighted by Crippen LogP contribution is -2.23. The number of halogens is 1. The first kappa shape index (κ1) is 15.4. The van der Waals surface area contributed by atoms with Gasteiger partial charge < -0.3 is 9.88 Å². The third kappa shape index (κ3) is 3.55. The number of nitrogens with zero attached hydrogens (tertiary/aromatic N) is 1. The lowest BCUT2D eigenvalue weighted by molar-refractivity contribution is 0.0952. The summed E-state index contributed by atoms with van der Waals surface area (Å²) in [4.78, 5) is 11.8. The molecule has 0 aromatic carbocycles. The standard InChI is InChI=1S/C13H19ClN2O3S/c1-15-13(17)12-7-11(20(14,18)19)9-16(12)8-10-5-3-2-4-6-10/h7,9-10H,2-6,8H2,1H3,(H,15,17). The first-order chi connectivity index (χ1) is 9.41. The van der Waals surface area contributed by atoms with E-state index < -0.39 is 9.05 Å². The van der Waals surface area contributed by atoms with E-state index in [1.54, 1.807) is 4.57 Å². The summed E-state index contributed by atoms with van der Waals surface area (Å²) in [6.45, 7) is 0.662. The zero-order chi connectivity index (χ0) is 14.8. The molecule has 1 saturated carbocycles. The smallest absolute Gasteiger partial charge is 0.267 e. The maximum atomic E-state index is 11.8. The molecule has 7 heteroatoms. The van der Waals surface area contributed by atoms with Crippen molar-refractivity contribution in [3.05, 3.63) is 18.0 Å². The molecule has 1 amide bonds. The molecule has 0 bridgehead atoms. The minimum Gasteiger partial charge on any atom is -0.354 e. The van der Waals surface area contributed by atoms with E-state index in [0.29, 0.717) is 18.2 Å². The van der Waals surface area contributed by atoms with E-state index in [4.69, 9.17) is 10.7 Å². The molecular formula is C13H19ClN2O3S. The summed E-state index contributed by atoms with van der Waals surface area (Å²) in [5.41, 5.74) is 0.345. The monoisotopic (exact) mass is 318 g/mol. The highest BCUT2D eigenvalue weighted by Gasteiger charge is 2.22. The van der Waals surface area contributed by atoms with Crippen LogP contribution in [0.5, 0.6) is 0 Å². The SMILES string of the molecule is CNC(=O)c1cc(S(=O)(=O)Cl)cn1CC1CCCCC1. The maximum absolute atomic E-state index is 11.8. The Morgan fingerprint density at radius 3 is 2.60 bits per heavy atom. The Labute approximate surface area is 123 Å². The van der Waals surface area contributed by atoms with Gasteiger partial charge in [0, 0.05) is 30.5 Å². The van der Waals surface area contributed by atoms with E-state index in [-0.39, 0.29) is 10.8 Å². The van der Waals surface area contributed by atoms with Crippen LogP contribution >= 0.6 is 10.7 Å². The molecule has 2 rings (SSSR count). The van der Waals surface area contributed by atoms with Crippen LogP contribution in [0, 0.1) is 5.92 Å². The molecule has 1 N–H and O–H groups in total. The molecule has 1 aromatic heterocycles. The van der Waals surface area contributed by atoms with Crippen LogP contribution in [0.25, 0.3) is 0 Å². The predicted octanol–water partition coefficient (Wildman–Crippen LogP) is 2.36. The van der Waals surface area contributed by atoms with Gasteiger partial charge >= 0.3 is 0 Å². The highest BCUT2D eigenvalue weighted by atomic mass is 35.7. The van der Waals surface area contributed by atoms with Gasteiger partial charge in [0.1, 0.15) is 10.6 Å². The topological polar surface area (TPSA) is 68.2 Å². The van der Waals surface area contributed by atoms with Gasteiger partial charge in [-0.25, -0.2) is 8.42 Å². The Hall–Kier alpha value is -1.01. The number of nitrogens with one attached hydrogen (secondary N) is 1. The summed E-state index contributed by atoms with van der Waals surface area (Å²) in [5, 5.41) is 2.53. The molecule has 1 fully saturated rings. The van der Waals surface area contributed by atoms with Crippen molar-refractivity contribution in [2.24, 2.45) is 5.92 Å². The van der Waals surface area contributed by atoms with Gasteiger partial charge in [0.2, 0.25) is 0 Å². The minimum atomic E-state index is -3.82. The lowest BCUT2D eigenvalue weighted by Gasteiger charge is -2.22. The molecule has 1 aliphatic rings. The van der Waals surface area contributed by atoms with Gasteiger partial charge in [-0.1, -0.05) is 19.3 Å². The lowest BCUT2D eigenvalue weighted by atomic mass is 9.89. The fourth-order valence-electron chi connectivity index (χ4n) is 2.73. The van der Waals surface area contributed by atoms with Crippen molar-refractivity contribution < 1.29 is 13.2 Å². The van der Waals surface area contributed by atoms with E-state index in [0.717, 1.165) is 12.8 Å². The van der Waals surface area contributed by atoms with E-state index in [2.05, 4.69) is 5.32 Å². The normalized spacial score (nSPS) is 17.1. The highest BCUT2D eigenvalue weighted by Crippen LogP contribution is 2.27. The summed E-state index contributed by atoms with van der Waals surface area (Å²) in [6.07, 6.45) is 7.35. The van der Waals surface area contributed by atoms with Crippen LogP contribution < -0.4 is 5.32 Å². The van der Waals surface area contributed by atoms with Crippen LogP contribution in [0.2, 0.25) is 0 Å². The summed E-state index contributed by atoms with van der Waals surface area (Å²) in [5.74, 6) is 0.192. The second-order valence-electron chi connectivity index (χ2n) is 5.23. The average Bonchev–Trinajstić information content (AvgIpc) is 2.83. The fourth-order valence-corrected chi connectivity index (χ4v) is 3.49. The number of carbonyl (C=O) groups excluding carboxylic acids is 1. The van der Waals surface area contributed by atoms with Gasteiger partial charge in [-0.2, -0.15) is 0 Å². The largest absolute Gasteiger partial charge is 0.354 e. The maximum Gasteiger partial charge on any atom is 0.267 e. The highest BCUT2D eigenvalue weighted by molar-refractivity contribution is 8.13. The minimum absolute atomic E-state index is 0.0198. The predicted molar refractivity (Wildman–Crippen MR) is 77.4 cm³/mol. The molecular weight excluding hydrogens is 300 g/mol. The van der Waals surface area contributed by atoms with Crippen molar-refractivity contribution in [3.63, 3.8) is 0 Å². The van der Waals surface area contributed by atoms with Gasteiger partial charge in [-0.3, -0.25) is 4.79 Å². The summed E-state index contributed by atoms with van der Waals surface area (Å²) < 4.78 is 24.6. The van der Waals surface area contributed by atoms with E-state index >= 15 is 0 Å². The van der Waals surface area contributed by atoms with E-state index in [9.17, 15) is 13.2 Å². The molecule has 0 aliphatic heterocycles. The third-order valence-corrected chi connectivity index (χ3v) is 5.11.